The molecule has 0 aliphatic carbocycles. The van der Waals surface area contributed by atoms with Crippen LogP contribution in [0.4, 0.5) is 24.5 Å². The highest BCUT2D eigenvalue weighted by Crippen LogP contribution is 2.38. The first kappa shape index (κ1) is 15.9. The largest absolute Gasteiger partial charge is 0.418 e. The first-order valence-electron chi connectivity index (χ1n) is 7.21. The Balaban J connectivity index is 2.13. The quantitative estimate of drug-likeness (QED) is 0.871. The predicted molar refractivity (Wildman–Crippen MR) is 79.3 cm³/mol. The molecule has 2 rings (SSSR count). The van der Waals surface area contributed by atoms with Gasteiger partial charge < -0.3 is 10.6 Å². The Labute approximate surface area is 123 Å². The Morgan fingerprint density at radius 3 is 2.29 bits per heavy atom. The summed E-state index contributed by atoms with van der Waals surface area (Å²) >= 11 is 0. The molecule has 1 aromatic rings. The SMILES string of the molecule is CC(C)CN1CCN(c2ccc(N)cc2C(F)(F)F)CC1. The van der Waals surface area contributed by atoms with Gasteiger partial charge in [-0.3, -0.25) is 4.90 Å². The number of nitrogen functional groups attached to an aromatic ring is 1. The fourth-order valence-electron chi connectivity index (χ4n) is 2.74. The van der Waals surface area contributed by atoms with Crippen LogP contribution in [0.25, 0.3) is 0 Å². The van der Waals surface area contributed by atoms with E-state index < -0.39 is 11.7 Å². The molecule has 3 nitrogen and oxygen atoms in total. The van der Waals surface area contributed by atoms with Crippen LogP contribution in [0.15, 0.2) is 18.2 Å². The maximum atomic E-state index is 13.1. The highest BCUT2D eigenvalue weighted by Gasteiger charge is 2.35. The number of hydrogen-bond acceptors (Lipinski definition) is 3. The summed E-state index contributed by atoms with van der Waals surface area (Å²) in [5.74, 6) is 0.568. The Bertz CT molecular complexity index is 478. The summed E-state index contributed by atoms with van der Waals surface area (Å²) in [6.07, 6.45) is -4.38. The van der Waals surface area contributed by atoms with Crippen LogP contribution in [-0.4, -0.2) is 37.6 Å². The van der Waals surface area contributed by atoms with Crippen molar-refractivity contribution in [3.63, 3.8) is 0 Å². The van der Waals surface area contributed by atoms with Crippen LogP contribution >= 0.6 is 0 Å². The lowest BCUT2D eigenvalue weighted by molar-refractivity contribution is -0.137. The summed E-state index contributed by atoms with van der Waals surface area (Å²) in [6, 6.07) is 4.04. The zero-order valence-corrected chi connectivity index (χ0v) is 12.5. The maximum Gasteiger partial charge on any atom is 0.418 e. The molecule has 0 amide bonds. The van der Waals surface area contributed by atoms with E-state index in [0.717, 1.165) is 25.7 Å². The van der Waals surface area contributed by atoms with E-state index in [4.69, 9.17) is 5.73 Å². The molecule has 118 valence electrons. The van der Waals surface area contributed by atoms with Crippen LogP contribution in [0.2, 0.25) is 0 Å². The number of anilines is 2. The van der Waals surface area contributed by atoms with Crippen LogP contribution in [0, 0.1) is 5.92 Å². The highest BCUT2D eigenvalue weighted by atomic mass is 19.4. The molecule has 1 aliphatic rings. The third kappa shape index (κ3) is 4.03. The lowest BCUT2D eigenvalue weighted by atomic mass is 10.1. The summed E-state index contributed by atoms with van der Waals surface area (Å²) in [6.45, 7) is 8.09. The molecule has 1 aromatic carbocycles. The lowest BCUT2D eigenvalue weighted by Crippen LogP contribution is -2.47. The van der Waals surface area contributed by atoms with Gasteiger partial charge in [0.2, 0.25) is 0 Å². The highest BCUT2D eigenvalue weighted by molar-refractivity contribution is 5.61. The minimum absolute atomic E-state index is 0.143. The number of piperazine rings is 1. The van der Waals surface area contributed by atoms with Crippen LogP contribution in [0.5, 0.6) is 0 Å². The minimum atomic E-state index is -4.38. The molecule has 21 heavy (non-hydrogen) atoms. The van der Waals surface area contributed by atoms with Crippen molar-refractivity contribution in [3.8, 4) is 0 Å². The van der Waals surface area contributed by atoms with Crippen molar-refractivity contribution in [1.82, 2.24) is 4.90 Å². The van der Waals surface area contributed by atoms with Crippen molar-refractivity contribution in [2.75, 3.05) is 43.4 Å². The summed E-state index contributed by atoms with van der Waals surface area (Å²) in [5, 5.41) is 0. The molecule has 0 atom stereocenters. The molecule has 1 aliphatic heterocycles. The minimum Gasteiger partial charge on any atom is -0.399 e. The molecule has 0 bridgehead atoms. The molecule has 2 N–H and O–H groups in total. The topological polar surface area (TPSA) is 32.5 Å². The van der Waals surface area contributed by atoms with Gasteiger partial charge in [0.15, 0.2) is 0 Å². The van der Waals surface area contributed by atoms with Crippen LogP contribution in [0.1, 0.15) is 19.4 Å². The monoisotopic (exact) mass is 301 g/mol. The number of rotatable bonds is 3. The molecule has 0 aromatic heterocycles. The first-order valence-corrected chi connectivity index (χ1v) is 7.21. The molecule has 6 heteroatoms. The molecule has 0 unspecified atom stereocenters. The van der Waals surface area contributed by atoms with Crippen LogP contribution < -0.4 is 10.6 Å². The number of hydrogen-bond donors (Lipinski definition) is 1. The summed E-state index contributed by atoms with van der Waals surface area (Å²) in [7, 11) is 0. The van der Waals surface area contributed by atoms with Gasteiger partial charge in [-0.25, -0.2) is 0 Å². The number of alkyl halides is 3. The van der Waals surface area contributed by atoms with Gasteiger partial charge in [0.25, 0.3) is 0 Å². The Morgan fingerprint density at radius 1 is 1.14 bits per heavy atom. The number of halogens is 3. The van der Waals surface area contributed by atoms with Crippen molar-refractivity contribution >= 4 is 11.4 Å². The molecule has 1 saturated heterocycles. The Kier molecular flexibility index (Phi) is 4.66. The van der Waals surface area contributed by atoms with Crippen molar-refractivity contribution in [1.29, 1.82) is 0 Å². The second kappa shape index (κ2) is 6.13. The smallest absolute Gasteiger partial charge is 0.399 e. The van der Waals surface area contributed by atoms with Crippen molar-refractivity contribution in [2.45, 2.75) is 20.0 Å². The zero-order chi connectivity index (χ0) is 15.6. The van der Waals surface area contributed by atoms with Crippen molar-refractivity contribution in [2.24, 2.45) is 5.92 Å². The van der Waals surface area contributed by atoms with E-state index in [0.29, 0.717) is 19.0 Å². The standard InChI is InChI=1S/C15H22F3N3/c1-11(2)10-20-5-7-21(8-6-20)14-4-3-12(19)9-13(14)15(16,17)18/h3-4,9,11H,5-8,10,19H2,1-2H3. The van der Waals surface area contributed by atoms with Crippen molar-refractivity contribution in [3.05, 3.63) is 23.8 Å². The van der Waals surface area contributed by atoms with Crippen LogP contribution in [-0.2, 0) is 6.18 Å². The second-order valence-electron chi connectivity index (χ2n) is 5.96. The number of nitrogens with zero attached hydrogens (tertiary/aromatic N) is 2. The van der Waals surface area contributed by atoms with Gasteiger partial charge in [-0.2, -0.15) is 13.2 Å². The average molecular weight is 301 g/mol. The lowest BCUT2D eigenvalue weighted by Gasteiger charge is -2.37. The van der Waals surface area contributed by atoms with Gasteiger partial charge >= 0.3 is 6.18 Å². The summed E-state index contributed by atoms with van der Waals surface area (Å²) in [5.41, 5.74) is 5.24. The Morgan fingerprint density at radius 2 is 1.76 bits per heavy atom. The molecular weight excluding hydrogens is 279 g/mol. The van der Waals surface area contributed by atoms with E-state index in [1.807, 2.05) is 0 Å². The summed E-state index contributed by atoms with van der Waals surface area (Å²) < 4.78 is 39.4. The first-order chi connectivity index (χ1) is 9.77. The van der Waals surface area contributed by atoms with E-state index in [1.165, 1.54) is 12.1 Å². The van der Waals surface area contributed by atoms with Gasteiger partial charge in [-0.05, 0) is 24.1 Å². The molecule has 1 fully saturated rings. The number of benzene rings is 1. The summed E-state index contributed by atoms with van der Waals surface area (Å²) in [4.78, 5) is 4.10. The predicted octanol–water partition coefficient (Wildman–Crippen LogP) is 3.07. The second-order valence-corrected chi connectivity index (χ2v) is 5.96. The molecule has 1 heterocycles. The molecule has 0 spiro atoms. The third-order valence-electron chi connectivity index (χ3n) is 3.66. The van der Waals surface area contributed by atoms with Crippen LogP contribution in [0.3, 0.4) is 0 Å². The maximum absolute atomic E-state index is 13.1. The van der Waals surface area contributed by atoms with E-state index in [9.17, 15) is 13.2 Å². The van der Waals surface area contributed by atoms with Gasteiger partial charge in [-0.1, -0.05) is 13.8 Å². The van der Waals surface area contributed by atoms with Gasteiger partial charge in [0.1, 0.15) is 0 Å². The van der Waals surface area contributed by atoms with Gasteiger partial charge in [-0.15, -0.1) is 0 Å². The molecular formula is C15H22F3N3. The van der Waals surface area contributed by atoms with E-state index >= 15 is 0 Å². The van der Waals surface area contributed by atoms with Gasteiger partial charge in [0.05, 0.1) is 5.56 Å². The zero-order valence-electron chi connectivity index (χ0n) is 12.5. The Hall–Kier alpha value is -1.43. The van der Waals surface area contributed by atoms with E-state index in [2.05, 4.69) is 18.7 Å². The number of nitrogens with two attached hydrogens (primary N) is 1. The van der Waals surface area contributed by atoms with Crippen molar-refractivity contribution < 1.29 is 13.2 Å². The van der Waals surface area contributed by atoms with E-state index in [1.54, 1.807) is 4.90 Å². The average Bonchev–Trinajstić information content (AvgIpc) is 2.38. The molecule has 0 saturated carbocycles. The fourth-order valence-corrected chi connectivity index (χ4v) is 2.74. The van der Waals surface area contributed by atoms with E-state index in [-0.39, 0.29) is 11.4 Å². The van der Waals surface area contributed by atoms with Gasteiger partial charge in [0, 0.05) is 44.1 Å². The molecule has 0 radical (unpaired) electrons. The third-order valence-corrected chi connectivity index (χ3v) is 3.66. The fraction of sp³-hybridized carbons (Fsp3) is 0.600. The normalized spacial score (nSPS) is 17.5.